The molecule has 5 nitrogen and oxygen atoms in total. The molecule has 2 rings (SSSR count). The zero-order valence-electron chi connectivity index (χ0n) is 12.0. The van der Waals surface area contributed by atoms with Crippen LogP contribution in [0.2, 0.25) is 0 Å². The number of nitrogens with one attached hydrogen (secondary N) is 2. The van der Waals surface area contributed by atoms with Gasteiger partial charge < -0.3 is 5.32 Å². The fourth-order valence-corrected chi connectivity index (χ4v) is 3.95. The highest BCUT2D eigenvalue weighted by Gasteiger charge is 2.28. The second kappa shape index (κ2) is 6.11. The molecule has 1 aliphatic carbocycles. The molecule has 0 unspecified atom stereocenters. The Hall–Kier alpha value is -1.47. The second-order valence-corrected chi connectivity index (χ2v) is 7.17. The average Bonchev–Trinajstić information content (AvgIpc) is 2.76. The first-order chi connectivity index (χ1) is 9.79. The van der Waals surface area contributed by atoms with E-state index in [4.69, 9.17) is 0 Å². The quantitative estimate of drug-likeness (QED) is 0.895. The maximum atomic E-state index is 13.6. The van der Waals surface area contributed by atoms with E-state index in [1.165, 1.54) is 13.0 Å². The van der Waals surface area contributed by atoms with Gasteiger partial charge in [-0.3, -0.25) is 4.79 Å². The standard InChI is InChI=1S/C14H19FN2O3S/c1-9-4-3-5-13(9)17-21(19,20)11-6-7-12(15)14(8-11)16-10(2)18/h6-9,13,17H,3-5H2,1-2H3,(H,16,18)/t9-,13+/m1/s1. The van der Waals surface area contributed by atoms with E-state index in [0.29, 0.717) is 0 Å². The number of benzene rings is 1. The van der Waals surface area contributed by atoms with Crippen LogP contribution in [-0.4, -0.2) is 20.4 Å². The second-order valence-electron chi connectivity index (χ2n) is 5.46. The molecule has 0 aliphatic heterocycles. The fraction of sp³-hybridized carbons (Fsp3) is 0.500. The lowest BCUT2D eigenvalue weighted by molar-refractivity contribution is -0.114. The van der Waals surface area contributed by atoms with Gasteiger partial charge in [0.1, 0.15) is 5.82 Å². The normalized spacial score (nSPS) is 22.2. The topological polar surface area (TPSA) is 75.3 Å². The highest BCUT2D eigenvalue weighted by atomic mass is 32.2. The zero-order valence-corrected chi connectivity index (χ0v) is 12.8. The monoisotopic (exact) mass is 314 g/mol. The molecular weight excluding hydrogens is 295 g/mol. The third-order valence-corrected chi connectivity index (χ3v) is 5.21. The molecule has 1 fully saturated rings. The number of carbonyl (C=O) groups is 1. The molecule has 0 bridgehead atoms. The van der Waals surface area contributed by atoms with Gasteiger partial charge in [-0.05, 0) is 37.0 Å². The summed E-state index contributed by atoms with van der Waals surface area (Å²) in [5.41, 5.74) is -0.134. The smallest absolute Gasteiger partial charge is 0.240 e. The number of rotatable bonds is 4. The highest BCUT2D eigenvalue weighted by Crippen LogP contribution is 2.27. The fourth-order valence-electron chi connectivity index (χ4n) is 2.54. The molecule has 0 spiro atoms. The van der Waals surface area contributed by atoms with E-state index in [1.807, 2.05) is 6.92 Å². The van der Waals surface area contributed by atoms with Gasteiger partial charge in [0.25, 0.3) is 0 Å². The Kier molecular flexibility index (Phi) is 4.63. The molecule has 0 saturated heterocycles. The number of sulfonamides is 1. The molecular formula is C14H19FN2O3S. The molecule has 2 atom stereocenters. The summed E-state index contributed by atoms with van der Waals surface area (Å²) in [6.07, 6.45) is 2.79. The minimum atomic E-state index is -3.72. The number of hydrogen-bond donors (Lipinski definition) is 2. The van der Waals surface area contributed by atoms with Crippen LogP contribution in [0, 0.1) is 11.7 Å². The molecule has 2 N–H and O–H groups in total. The Morgan fingerprint density at radius 1 is 1.33 bits per heavy atom. The van der Waals surface area contributed by atoms with E-state index in [1.54, 1.807) is 0 Å². The van der Waals surface area contributed by atoms with Gasteiger partial charge in [0.15, 0.2) is 0 Å². The van der Waals surface area contributed by atoms with Crippen molar-refractivity contribution in [3.63, 3.8) is 0 Å². The lowest BCUT2D eigenvalue weighted by atomic mass is 10.1. The molecule has 1 aliphatic rings. The Balaban J connectivity index is 2.25. The first-order valence-electron chi connectivity index (χ1n) is 6.89. The van der Waals surface area contributed by atoms with E-state index >= 15 is 0 Å². The molecule has 1 aromatic rings. The molecule has 116 valence electrons. The number of halogens is 1. The van der Waals surface area contributed by atoms with Gasteiger partial charge >= 0.3 is 0 Å². The van der Waals surface area contributed by atoms with E-state index in [2.05, 4.69) is 10.0 Å². The lowest BCUT2D eigenvalue weighted by Gasteiger charge is -2.17. The van der Waals surface area contributed by atoms with Crippen LogP contribution >= 0.6 is 0 Å². The van der Waals surface area contributed by atoms with E-state index < -0.39 is 21.7 Å². The number of hydrogen-bond acceptors (Lipinski definition) is 3. The first-order valence-corrected chi connectivity index (χ1v) is 8.37. The lowest BCUT2D eigenvalue weighted by Crippen LogP contribution is -2.36. The number of amides is 1. The van der Waals surface area contributed by atoms with Crippen LogP contribution in [0.25, 0.3) is 0 Å². The van der Waals surface area contributed by atoms with Gasteiger partial charge in [-0.15, -0.1) is 0 Å². The molecule has 0 heterocycles. The maximum Gasteiger partial charge on any atom is 0.240 e. The predicted octanol–water partition coefficient (Wildman–Crippen LogP) is 2.25. The number of anilines is 1. The van der Waals surface area contributed by atoms with Crippen molar-refractivity contribution >= 4 is 21.6 Å². The third-order valence-electron chi connectivity index (χ3n) is 3.73. The van der Waals surface area contributed by atoms with E-state index in [0.717, 1.165) is 31.4 Å². The Bertz CT molecular complexity index is 646. The molecule has 1 saturated carbocycles. The summed E-state index contributed by atoms with van der Waals surface area (Å²) in [7, 11) is -3.72. The largest absolute Gasteiger partial charge is 0.324 e. The molecule has 21 heavy (non-hydrogen) atoms. The van der Waals surface area contributed by atoms with Crippen molar-refractivity contribution in [1.29, 1.82) is 0 Å². The van der Waals surface area contributed by atoms with Crippen LogP contribution in [0.3, 0.4) is 0 Å². The van der Waals surface area contributed by atoms with Crippen LogP contribution in [0.5, 0.6) is 0 Å². The van der Waals surface area contributed by atoms with Crippen LogP contribution in [0.15, 0.2) is 23.1 Å². The average molecular weight is 314 g/mol. The third kappa shape index (κ3) is 3.79. The number of carbonyl (C=O) groups excluding carboxylic acids is 1. The van der Waals surface area contributed by atoms with Gasteiger partial charge in [-0.25, -0.2) is 17.5 Å². The van der Waals surface area contributed by atoms with Crippen molar-refractivity contribution in [2.24, 2.45) is 5.92 Å². The molecule has 7 heteroatoms. The van der Waals surface area contributed by atoms with Crippen LogP contribution in [-0.2, 0) is 14.8 Å². The Morgan fingerprint density at radius 3 is 2.62 bits per heavy atom. The zero-order chi connectivity index (χ0) is 15.6. The van der Waals surface area contributed by atoms with E-state index in [9.17, 15) is 17.6 Å². The summed E-state index contributed by atoms with van der Waals surface area (Å²) in [5, 5.41) is 2.28. The Labute approximate surface area is 124 Å². The van der Waals surface area contributed by atoms with Crippen LogP contribution in [0.4, 0.5) is 10.1 Å². The molecule has 0 aromatic heterocycles. The SMILES string of the molecule is CC(=O)Nc1cc(S(=O)(=O)N[C@H]2CCC[C@H]2C)ccc1F. The summed E-state index contributed by atoms with van der Waals surface area (Å²) >= 11 is 0. The summed E-state index contributed by atoms with van der Waals surface area (Å²) in [6.45, 7) is 3.24. The van der Waals surface area contributed by atoms with E-state index in [-0.39, 0.29) is 22.5 Å². The van der Waals surface area contributed by atoms with Gasteiger partial charge in [0.05, 0.1) is 10.6 Å². The maximum absolute atomic E-state index is 13.6. The van der Waals surface area contributed by atoms with Gasteiger partial charge in [0.2, 0.25) is 15.9 Å². The van der Waals surface area contributed by atoms with Gasteiger partial charge in [0, 0.05) is 13.0 Å². The molecule has 0 radical (unpaired) electrons. The van der Waals surface area contributed by atoms with Crippen molar-refractivity contribution in [2.75, 3.05) is 5.32 Å². The minimum absolute atomic E-state index is 0.0493. The Morgan fingerprint density at radius 2 is 2.05 bits per heavy atom. The van der Waals surface area contributed by atoms with Gasteiger partial charge in [-0.1, -0.05) is 13.3 Å². The van der Waals surface area contributed by atoms with Crippen molar-refractivity contribution in [1.82, 2.24) is 4.72 Å². The van der Waals surface area contributed by atoms with Crippen molar-refractivity contribution in [3.8, 4) is 0 Å². The van der Waals surface area contributed by atoms with Crippen molar-refractivity contribution in [3.05, 3.63) is 24.0 Å². The molecule has 1 aromatic carbocycles. The first kappa shape index (κ1) is 15.9. The predicted molar refractivity (Wildman–Crippen MR) is 77.8 cm³/mol. The highest BCUT2D eigenvalue weighted by molar-refractivity contribution is 7.89. The minimum Gasteiger partial charge on any atom is -0.324 e. The van der Waals surface area contributed by atoms with Crippen molar-refractivity contribution in [2.45, 2.75) is 44.0 Å². The summed E-state index contributed by atoms with van der Waals surface area (Å²) in [5.74, 6) is -0.839. The van der Waals surface area contributed by atoms with Crippen molar-refractivity contribution < 1.29 is 17.6 Å². The van der Waals surface area contributed by atoms with Crippen LogP contribution < -0.4 is 10.0 Å². The summed E-state index contributed by atoms with van der Waals surface area (Å²) < 4.78 is 40.9. The molecule has 1 amide bonds. The van der Waals surface area contributed by atoms with Crippen LogP contribution in [0.1, 0.15) is 33.1 Å². The summed E-state index contributed by atoms with van der Waals surface area (Å²) in [6, 6.07) is 3.28. The van der Waals surface area contributed by atoms with Gasteiger partial charge in [-0.2, -0.15) is 0 Å². The summed E-state index contributed by atoms with van der Waals surface area (Å²) in [4.78, 5) is 11.0.